The van der Waals surface area contributed by atoms with Crippen LogP contribution in [0.1, 0.15) is 17.8 Å². The van der Waals surface area contributed by atoms with Gasteiger partial charge >= 0.3 is 0 Å². The first kappa shape index (κ1) is 8.20. The summed E-state index contributed by atoms with van der Waals surface area (Å²) in [4.78, 5) is 0. The van der Waals surface area contributed by atoms with Crippen LogP contribution in [0.3, 0.4) is 0 Å². The van der Waals surface area contributed by atoms with Gasteiger partial charge in [0.2, 0.25) is 0 Å². The van der Waals surface area contributed by atoms with E-state index in [2.05, 4.69) is 10.3 Å². The Morgan fingerprint density at radius 3 is 2.73 bits per heavy atom. The molecule has 0 aromatic carbocycles. The van der Waals surface area contributed by atoms with Gasteiger partial charge in [-0.3, -0.25) is 4.68 Å². The maximum Gasteiger partial charge on any atom is 0.0857 e. The Morgan fingerprint density at radius 1 is 1.55 bits per heavy atom. The number of aryl methyl sites for hydroxylation is 2. The fourth-order valence-corrected chi connectivity index (χ4v) is 0.925. The first-order chi connectivity index (χ1) is 5.25. The molecule has 1 rings (SSSR count). The van der Waals surface area contributed by atoms with E-state index in [9.17, 15) is 0 Å². The number of hydrogen-bond donors (Lipinski definition) is 1. The quantitative estimate of drug-likeness (QED) is 0.671. The fourth-order valence-electron chi connectivity index (χ4n) is 0.925. The van der Waals surface area contributed by atoms with Gasteiger partial charge in [0.25, 0.3) is 0 Å². The van der Waals surface area contributed by atoms with Crippen molar-refractivity contribution in [3.8, 4) is 0 Å². The minimum atomic E-state index is 0.218. The molecule has 0 aliphatic heterocycles. The highest BCUT2D eigenvalue weighted by Crippen LogP contribution is 2.03. The van der Waals surface area contributed by atoms with Gasteiger partial charge in [0.1, 0.15) is 0 Å². The fraction of sp³-hybridized carbons (Fsp3) is 0.714. The lowest BCUT2D eigenvalue weighted by molar-refractivity contribution is 0.288. The van der Waals surface area contributed by atoms with Crippen molar-refractivity contribution in [2.75, 3.05) is 6.61 Å². The summed E-state index contributed by atoms with van der Waals surface area (Å²) in [6.45, 7) is 2.20. The normalized spacial score (nSPS) is 10.5. The Balaban J connectivity index is 2.63. The molecule has 0 unspecified atom stereocenters. The van der Waals surface area contributed by atoms with Crippen LogP contribution in [0.4, 0.5) is 0 Å². The third kappa shape index (κ3) is 1.77. The summed E-state index contributed by atoms with van der Waals surface area (Å²) < 4.78 is 1.74. The highest BCUT2D eigenvalue weighted by atomic mass is 16.2. The predicted octanol–water partition coefficient (Wildman–Crippen LogP) is 0.0484. The van der Waals surface area contributed by atoms with Crippen molar-refractivity contribution >= 4 is 0 Å². The van der Waals surface area contributed by atoms with E-state index in [1.54, 1.807) is 4.68 Å². The van der Waals surface area contributed by atoms with Crippen molar-refractivity contribution < 1.29 is 5.11 Å². The van der Waals surface area contributed by atoms with Crippen LogP contribution in [-0.2, 0) is 13.5 Å². The zero-order valence-corrected chi connectivity index (χ0v) is 6.91. The van der Waals surface area contributed by atoms with Gasteiger partial charge in [-0.2, -0.15) is 0 Å². The van der Waals surface area contributed by atoms with Gasteiger partial charge in [-0.15, -0.1) is 5.10 Å². The molecule has 62 valence electrons. The van der Waals surface area contributed by atoms with Crippen LogP contribution >= 0.6 is 0 Å². The number of rotatable bonds is 3. The monoisotopic (exact) mass is 155 g/mol. The molecular formula is C7H13N3O. The Hall–Kier alpha value is -0.900. The van der Waals surface area contributed by atoms with E-state index < -0.39 is 0 Å². The molecule has 1 N–H and O–H groups in total. The lowest BCUT2D eigenvalue weighted by Crippen LogP contribution is -1.95. The van der Waals surface area contributed by atoms with Crippen molar-refractivity contribution in [3.05, 3.63) is 11.4 Å². The second-order valence-electron chi connectivity index (χ2n) is 2.57. The molecule has 0 saturated carbocycles. The molecule has 0 atom stereocenters. The smallest absolute Gasteiger partial charge is 0.0857 e. The summed E-state index contributed by atoms with van der Waals surface area (Å²) in [6, 6.07) is 0. The third-order valence-electron chi connectivity index (χ3n) is 1.77. The number of nitrogens with zero attached hydrogens (tertiary/aromatic N) is 3. The summed E-state index contributed by atoms with van der Waals surface area (Å²) in [7, 11) is 1.87. The molecule has 0 aliphatic carbocycles. The van der Waals surface area contributed by atoms with Crippen LogP contribution in [0.2, 0.25) is 0 Å². The average molecular weight is 155 g/mol. The van der Waals surface area contributed by atoms with Crippen LogP contribution in [-0.4, -0.2) is 26.7 Å². The van der Waals surface area contributed by atoms with Gasteiger partial charge in [0, 0.05) is 13.7 Å². The summed E-state index contributed by atoms with van der Waals surface area (Å²) >= 11 is 0. The summed E-state index contributed by atoms with van der Waals surface area (Å²) in [6.07, 6.45) is 1.58. The van der Waals surface area contributed by atoms with Crippen LogP contribution in [0, 0.1) is 6.92 Å². The van der Waals surface area contributed by atoms with Gasteiger partial charge in [0.05, 0.1) is 11.4 Å². The average Bonchev–Trinajstić information content (AvgIpc) is 2.31. The lowest BCUT2D eigenvalue weighted by Gasteiger charge is -1.94. The number of aliphatic hydroxyl groups excluding tert-OH is 1. The molecule has 1 aromatic rings. The number of aliphatic hydroxyl groups is 1. The Bertz CT molecular complexity index is 232. The van der Waals surface area contributed by atoms with Crippen molar-refractivity contribution in [2.24, 2.45) is 7.05 Å². The van der Waals surface area contributed by atoms with Crippen LogP contribution < -0.4 is 0 Å². The van der Waals surface area contributed by atoms with E-state index in [1.165, 1.54) is 0 Å². The molecule has 4 heteroatoms. The van der Waals surface area contributed by atoms with Crippen LogP contribution in [0.5, 0.6) is 0 Å². The van der Waals surface area contributed by atoms with Crippen molar-refractivity contribution in [2.45, 2.75) is 19.8 Å². The Kier molecular flexibility index (Phi) is 2.59. The molecule has 1 heterocycles. The minimum Gasteiger partial charge on any atom is -0.396 e. The van der Waals surface area contributed by atoms with Gasteiger partial charge < -0.3 is 5.11 Å². The Morgan fingerprint density at radius 2 is 2.27 bits per heavy atom. The molecule has 0 aliphatic rings. The van der Waals surface area contributed by atoms with Crippen LogP contribution in [0.25, 0.3) is 0 Å². The molecule has 1 aromatic heterocycles. The molecular weight excluding hydrogens is 142 g/mol. The van der Waals surface area contributed by atoms with Gasteiger partial charge in [-0.25, -0.2) is 0 Å². The molecule has 0 spiro atoms. The highest BCUT2D eigenvalue weighted by Gasteiger charge is 2.03. The van der Waals surface area contributed by atoms with Gasteiger partial charge in [0.15, 0.2) is 0 Å². The first-order valence-corrected chi connectivity index (χ1v) is 3.71. The van der Waals surface area contributed by atoms with E-state index in [1.807, 2.05) is 14.0 Å². The second kappa shape index (κ2) is 3.48. The van der Waals surface area contributed by atoms with Crippen LogP contribution in [0.15, 0.2) is 0 Å². The van der Waals surface area contributed by atoms with E-state index >= 15 is 0 Å². The van der Waals surface area contributed by atoms with E-state index in [0.29, 0.717) is 0 Å². The SMILES string of the molecule is Cc1c(CCCO)nnn1C. The summed E-state index contributed by atoms with van der Waals surface area (Å²) in [5.41, 5.74) is 2.07. The number of aromatic nitrogens is 3. The zero-order chi connectivity index (χ0) is 8.27. The third-order valence-corrected chi connectivity index (χ3v) is 1.77. The molecule has 4 nitrogen and oxygen atoms in total. The molecule has 0 saturated heterocycles. The van der Waals surface area contributed by atoms with Crippen molar-refractivity contribution in [1.82, 2.24) is 15.0 Å². The van der Waals surface area contributed by atoms with Gasteiger partial charge in [-0.05, 0) is 19.8 Å². The molecule has 0 fully saturated rings. The van der Waals surface area contributed by atoms with Gasteiger partial charge in [-0.1, -0.05) is 5.21 Å². The van der Waals surface area contributed by atoms with Crippen molar-refractivity contribution in [3.63, 3.8) is 0 Å². The van der Waals surface area contributed by atoms with E-state index in [4.69, 9.17) is 5.11 Å². The topological polar surface area (TPSA) is 50.9 Å². The molecule has 0 bridgehead atoms. The van der Waals surface area contributed by atoms with Crippen molar-refractivity contribution in [1.29, 1.82) is 0 Å². The first-order valence-electron chi connectivity index (χ1n) is 3.71. The standard InChI is InChI=1S/C7H13N3O/c1-6-7(4-3-5-11)8-9-10(6)2/h11H,3-5H2,1-2H3. The highest BCUT2D eigenvalue weighted by molar-refractivity contribution is 5.07. The largest absolute Gasteiger partial charge is 0.396 e. The maximum absolute atomic E-state index is 8.57. The second-order valence-corrected chi connectivity index (χ2v) is 2.57. The Labute approximate surface area is 65.8 Å². The molecule has 11 heavy (non-hydrogen) atoms. The molecule has 0 amide bonds. The van der Waals surface area contributed by atoms with E-state index in [-0.39, 0.29) is 6.61 Å². The predicted molar refractivity (Wildman–Crippen MR) is 41.1 cm³/mol. The maximum atomic E-state index is 8.57. The lowest BCUT2D eigenvalue weighted by atomic mass is 10.2. The van der Waals surface area contributed by atoms with E-state index in [0.717, 1.165) is 24.2 Å². The minimum absolute atomic E-state index is 0.218. The zero-order valence-electron chi connectivity index (χ0n) is 6.91. The number of hydrogen-bond acceptors (Lipinski definition) is 3. The summed E-state index contributed by atoms with van der Waals surface area (Å²) in [5.74, 6) is 0. The molecule has 0 radical (unpaired) electrons. The summed E-state index contributed by atoms with van der Waals surface area (Å²) in [5, 5.41) is 16.4.